The van der Waals surface area contributed by atoms with Crippen LogP contribution in [0.2, 0.25) is 0 Å². The van der Waals surface area contributed by atoms with Gasteiger partial charge in [0.2, 0.25) is 11.8 Å². The molecule has 1 aliphatic rings. The van der Waals surface area contributed by atoms with Gasteiger partial charge in [0.05, 0.1) is 13.1 Å². The first-order valence-electron chi connectivity index (χ1n) is 4.30. The molecule has 5 heteroatoms. The van der Waals surface area contributed by atoms with Gasteiger partial charge in [0.25, 0.3) is 0 Å². The number of nitrogens with zero attached hydrogens (tertiary/aromatic N) is 2. The van der Waals surface area contributed by atoms with Crippen LogP contribution in [0.5, 0.6) is 0 Å². The van der Waals surface area contributed by atoms with Crippen LogP contribution in [0.25, 0.3) is 0 Å². The SMILES string of the molecule is CN(C)C(=O)CN1CCNCC1=O. The van der Waals surface area contributed by atoms with Gasteiger partial charge < -0.3 is 15.1 Å². The number of piperazine rings is 1. The first-order chi connectivity index (χ1) is 6.11. The summed E-state index contributed by atoms with van der Waals surface area (Å²) in [7, 11) is 3.38. The Kier molecular flexibility index (Phi) is 3.25. The molecule has 1 fully saturated rings. The summed E-state index contributed by atoms with van der Waals surface area (Å²) in [5.41, 5.74) is 0. The smallest absolute Gasteiger partial charge is 0.241 e. The van der Waals surface area contributed by atoms with Gasteiger partial charge in [-0.2, -0.15) is 0 Å². The standard InChI is InChI=1S/C8H15N3O2/c1-10(2)8(13)6-11-4-3-9-5-7(11)12/h9H,3-6H2,1-2H3. The Hall–Kier alpha value is -1.10. The van der Waals surface area contributed by atoms with Gasteiger partial charge in [0, 0.05) is 27.2 Å². The van der Waals surface area contributed by atoms with Crippen molar-refractivity contribution in [3.63, 3.8) is 0 Å². The summed E-state index contributed by atoms with van der Waals surface area (Å²) in [5.74, 6) is -0.0308. The Morgan fingerprint density at radius 1 is 1.62 bits per heavy atom. The van der Waals surface area contributed by atoms with Crippen LogP contribution in [0.1, 0.15) is 0 Å². The molecule has 2 amide bonds. The molecule has 74 valence electrons. The Morgan fingerprint density at radius 2 is 2.31 bits per heavy atom. The van der Waals surface area contributed by atoms with Crippen LogP contribution in [0.15, 0.2) is 0 Å². The second-order valence-electron chi connectivity index (χ2n) is 3.28. The molecule has 0 radical (unpaired) electrons. The molecule has 0 atom stereocenters. The summed E-state index contributed by atoms with van der Waals surface area (Å²) in [4.78, 5) is 25.6. The lowest BCUT2D eigenvalue weighted by molar-refractivity contribution is -0.139. The average Bonchev–Trinajstić information content (AvgIpc) is 2.08. The van der Waals surface area contributed by atoms with Crippen LogP contribution in [0.4, 0.5) is 0 Å². The quantitative estimate of drug-likeness (QED) is 0.570. The van der Waals surface area contributed by atoms with E-state index < -0.39 is 0 Å². The fourth-order valence-electron chi connectivity index (χ4n) is 1.12. The molecular weight excluding hydrogens is 170 g/mol. The minimum Gasteiger partial charge on any atom is -0.347 e. The van der Waals surface area contributed by atoms with Gasteiger partial charge in [0.1, 0.15) is 0 Å². The number of rotatable bonds is 2. The highest BCUT2D eigenvalue weighted by molar-refractivity contribution is 5.85. The monoisotopic (exact) mass is 185 g/mol. The zero-order valence-corrected chi connectivity index (χ0v) is 8.04. The molecule has 1 heterocycles. The minimum atomic E-state index is -0.0322. The van der Waals surface area contributed by atoms with Crippen LogP contribution in [-0.4, -0.2) is 61.9 Å². The van der Waals surface area contributed by atoms with Gasteiger partial charge in [-0.25, -0.2) is 0 Å². The molecule has 0 aliphatic carbocycles. The summed E-state index contributed by atoms with van der Waals surface area (Å²) in [6.07, 6.45) is 0. The fourth-order valence-corrected chi connectivity index (χ4v) is 1.12. The van der Waals surface area contributed by atoms with Crippen molar-refractivity contribution in [2.45, 2.75) is 0 Å². The minimum absolute atomic E-state index is 0.00134. The second kappa shape index (κ2) is 4.23. The number of hydrogen-bond acceptors (Lipinski definition) is 3. The van der Waals surface area contributed by atoms with E-state index in [1.54, 1.807) is 19.0 Å². The molecule has 5 nitrogen and oxygen atoms in total. The highest BCUT2D eigenvalue weighted by atomic mass is 16.2. The second-order valence-corrected chi connectivity index (χ2v) is 3.28. The number of carbonyl (C=O) groups is 2. The lowest BCUT2D eigenvalue weighted by Gasteiger charge is -2.27. The van der Waals surface area contributed by atoms with Crippen molar-refractivity contribution in [2.75, 3.05) is 40.3 Å². The molecule has 0 saturated carbocycles. The van der Waals surface area contributed by atoms with Crippen LogP contribution < -0.4 is 5.32 Å². The van der Waals surface area contributed by atoms with Gasteiger partial charge in [0.15, 0.2) is 0 Å². The molecule has 0 bridgehead atoms. The van der Waals surface area contributed by atoms with Crippen molar-refractivity contribution in [1.29, 1.82) is 0 Å². The number of hydrogen-bond donors (Lipinski definition) is 1. The van der Waals surface area contributed by atoms with Crippen molar-refractivity contribution in [3.8, 4) is 0 Å². The third-order valence-corrected chi connectivity index (χ3v) is 2.01. The largest absolute Gasteiger partial charge is 0.347 e. The first-order valence-corrected chi connectivity index (χ1v) is 4.30. The highest BCUT2D eigenvalue weighted by Gasteiger charge is 2.20. The van der Waals surface area contributed by atoms with Crippen molar-refractivity contribution < 1.29 is 9.59 Å². The number of likely N-dealkylation sites (N-methyl/N-ethyl adjacent to an activating group) is 1. The van der Waals surface area contributed by atoms with E-state index >= 15 is 0 Å². The van der Waals surface area contributed by atoms with E-state index in [2.05, 4.69) is 5.32 Å². The van der Waals surface area contributed by atoms with Crippen molar-refractivity contribution >= 4 is 11.8 Å². The maximum Gasteiger partial charge on any atom is 0.241 e. The summed E-state index contributed by atoms with van der Waals surface area (Å²) < 4.78 is 0. The van der Waals surface area contributed by atoms with Crippen molar-refractivity contribution in [1.82, 2.24) is 15.1 Å². The number of nitrogens with one attached hydrogen (secondary N) is 1. The van der Waals surface area contributed by atoms with Crippen LogP contribution in [-0.2, 0) is 9.59 Å². The normalized spacial score (nSPS) is 17.4. The van der Waals surface area contributed by atoms with E-state index in [0.29, 0.717) is 13.1 Å². The first kappa shape index (κ1) is 9.98. The summed E-state index contributed by atoms with van der Waals surface area (Å²) in [6, 6.07) is 0. The van der Waals surface area contributed by atoms with E-state index in [4.69, 9.17) is 0 Å². The van der Waals surface area contributed by atoms with Crippen LogP contribution >= 0.6 is 0 Å². The van der Waals surface area contributed by atoms with E-state index in [9.17, 15) is 9.59 Å². The van der Waals surface area contributed by atoms with Gasteiger partial charge in [-0.05, 0) is 0 Å². The molecule has 1 saturated heterocycles. The molecule has 1 N–H and O–H groups in total. The van der Waals surface area contributed by atoms with Crippen molar-refractivity contribution in [2.24, 2.45) is 0 Å². The predicted molar refractivity (Wildman–Crippen MR) is 48.1 cm³/mol. The van der Waals surface area contributed by atoms with E-state index in [-0.39, 0.29) is 18.4 Å². The maximum absolute atomic E-state index is 11.3. The third kappa shape index (κ3) is 2.69. The fraction of sp³-hybridized carbons (Fsp3) is 0.750. The Labute approximate surface area is 77.7 Å². The maximum atomic E-state index is 11.3. The summed E-state index contributed by atoms with van der Waals surface area (Å²) >= 11 is 0. The van der Waals surface area contributed by atoms with E-state index in [1.165, 1.54) is 4.90 Å². The Morgan fingerprint density at radius 3 is 2.85 bits per heavy atom. The molecular formula is C8H15N3O2. The molecule has 0 aromatic rings. The average molecular weight is 185 g/mol. The molecule has 0 aromatic heterocycles. The van der Waals surface area contributed by atoms with E-state index in [1.807, 2.05) is 0 Å². The molecule has 13 heavy (non-hydrogen) atoms. The van der Waals surface area contributed by atoms with Gasteiger partial charge in [-0.1, -0.05) is 0 Å². The molecule has 0 aromatic carbocycles. The van der Waals surface area contributed by atoms with Gasteiger partial charge in [-0.3, -0.25) is 9.59 Å². The lowest BCUT2D eigenvalue weighted by atomic mass is 10.3. The zero-order valence-electron chi connectivity index (χ0n) is 8.04. The van der Waals surface area contributed by atoms with Crippen LogP contribution in [0, 0.1) is 0 Å². The molecule has 1 aliphatic heterocycles. The van der Waals surface area contributed by atoms with E-state index in [0.717, 1.165) is 6.54 Å². The molecule has 0 spiro atoms. The van der Waals surface area contributed by atoms with Gasteiger partial charge >= 0.3 is 0 Å². The summed E-state index contributed by atoms with van der Waals surface area (Å²) in [5, 5.41) is 2.95. The topological polar surface area (TPSA) is 52.7 Å². The van der Waals surface area contributed by atoms with Gasteiger partial charge in [-0.15, -0.1) is 0 Å². The predicted octanol–water partition coefficient (Wildman–Crippen LogP) is -1.49. The lowest BCUT2D eigenvalue weighted by Crippen LogP contribution is -2.51. The Bertz CT molecular complexity index is 215. The Balaban J connectivity index is 2.43. The number of amides is 2. The molecule has 0 unspecified atom stereocenters. The van der Waals surface area contributed by atoms with Crippen molar-refractivity contribution in [3.05, 3.63) is 0 Å². The number of carbonyl (C=O) groups excluding carboxylic acids is 2. The third-order valence-electron chi connectivity index (χ3n) is 2.01. The molecule has 1 rings (SSSR count). The van der Waals surface area contributed by atoms with Crippen LogP contribution in [0.3, 0.4) is 0 Å². The summed E-state index contributed by atoms with van der Waals surface area (Å²) in [6.45, 7) is 1.94. The highest BCUT2D eigenvalue weighted by Crippen LogP contribution is 1.95. The zero-order chi connectivity index (χ0) is 9.84.